The molecule has 0 bridgehead atoms. The summed E-state index contributed by atoms with van der Waals surface area (Å²) in [7, 11) is -3.31. The van der Waals surface area contributed by atoms with Crippen LogP contribution in [0.4, 0.5) is 11.4 Å². The topological polar surface area (TPSA) is 92.4 Å². The molecule has 1 aromatic rings. The average Bonchev–Trinajstić information content (AvgIpc) is 2.14. The van der Waals surface area contributed by atoms with Crippen molar-refractivity contribution < 1.29 is 13.5 Å². The maximum absolute atomic E-state index is 11.3. The molecule has 0 unspecified atom stereocenters. The molecule has 0 amide bonds. The number of nitrogens with two attached hydrogens (primary N) is 1. The molecule has 0 heterocycles. The highest BCUT2D eigenvalue weighted by Gasteiger charge is 2.13. The van der Waals surface area contributed by atoms with E-state index in [2.05, 4.69) is 5.32 Å². The van der Waals surface area contributed by atoms with E-state index < -0.39 is 9.84 Å². The third-order valence-corrected chi connectivity index (χ3v) is 3.05. The second-order valence-corrected chi connectivity index (χ2v) is 5.12. The summed E-state index contributed by atoms with van der Waals surface area (Å²) in [6.45, 7) is 0.292. The van der Waals surface area contributed by atoms with Gasteiger partial charge in [0, 0.05) is 12.8 Å². The Labute approximate surface area is 88.8 Å². The molecular formula is C9H14N2O3S. The van der Waals surface area contributed by atoms with Gasteiger partial charge in [-0.3, -0.25) is 0 Å². The number of nitrogen functional groups attached to an aromatic ring is 1. The zero-order valence-corrected chi connectivity index (χ0v) is 9.21. The summed E-state index contributed by atoms with van der Waals surface area (Å²) in [5.41, 5.74) is 6.40. The molecule has 0 aromatic heterocycles. The molecule has 0 fully saturated rings. The second-order valence-electron chi connectivity index (χ2n) is 3.14. The van der Waals surface area contributed by atoms with Gasteiger partial charge in [-0.05, 0) is 12.1 Å². The normalized spacial score (nSPS) is 11.3. The summed E-state index contributed by atoms with van der Waals surface area (Å²) in [6, 6.07) is 4.72. The smallest absolute Gasteiger partial charge is 0.177 e. The number of aliphatic hydroxyl groups is 1. The van der Waals surface area contributed by atoms with Crippen molar-refractivity contribution in [1.29, 1.82) is 0 Å². The third-order valence-electron chi connectivity index (χ3n) is 1.89. The van der Waals surface area contributed by atoms with Crippen LogP contribution in [-0.2, 0) is 9.84 Å². The van der Waals surface area contributed by atoms with E-state index in [9.17, 15) is 8.42 Å². The fourth-order valence-corrected chi connectivity index (χ4v) is 2.05. The first-order valence-corrected chi connectivity index (χ1v) is 6.29. The van der Waals surface area contributed by atoms with E-state index in [4.69, 9.17) is 10.8 Å². The van der Waals surface area contributed by atoms with Crippen LogP contribution in [0.15, 0.2) is 23.1 Å². The van der Waals surface area contributed by atoms with E-state index in [0.717, 1.165) is 6.26 Å². The predicted octanol–water partition coefficient (Wildman–Crippen LogP) is 0.0765. The Bertz CT molecular complexity index is 443. The van der Waals surface area contributed by atoms with Crippen LogP contribution in [0, 0.1) is 0 Å². The largest absolute Gasteiger partial charge is 0.396 e. The number of nitrogens with one attached hydrogen (secondary N) is 1. The first-order chi connectivity index (χ1) is 6.96. The molecule has 6 heteroatoms. The molecule has 15 heavy (non-hydrogen) atoms. The zero-order valence-electron chi connectivity index (χ0n) is 8.40. The Hall–Kier alpha value is -1.27. The van der Waals surface area contributed by atoms with Crippen LogP contribution in [0.25, 0.3) is 0 Å². The van der Waals surface area contributed by atoms with E-state index in [1.54, 1.807) is 12.1 Å². The average molecular weight is 230 g/mol. The van der Waals surface area contributed by atoms with Gasteiger partial charge in [0.15, 0.2) is 9.84 Å². The molecule has 0 aliphatic heterocycles. The lowest BCUT2D eigenvalue weighted by molar-refractivity contribution is 0.311. The van der Waals surface area contributed by atoms with Crippen LogP contribution < -0.4 is 11.1 Å². The van der Waals surface area contributed by atoms with E-state index >= 15 is 0 Å². The van der Waals surface area contributed by atoms with Crippen molar-refractivity contribution in [2.24, 2.45) is 0 Å². The van der Waals surface area contributed by atoms with Crippen LogP contribution in [0.3, 0.4) is 0 Å². The van der Waals surface area contributed by atoms with Gasteiger partial charge in [-0.15, -0.1) is 0 Å². The van der Waals surface area contributed by atoms with Crippen molar-refractivity contribution in [3.8, 4) is 0 Å². The van der Waals surface area contributed by atoms with E-state index in [-0.39, 0.29) is 17.2 Å². The molecule has 5 nitrogen and oxygen atoms in total. The highest BCUT2D eigenvalue weighted by Crippen LogP contribution is 2.26. The molecule has 0 aliphatic carbocycles. The number of benzene rings is 1. The molecule has 0 saturated heterocycles. The summed E-state index contributed by atoms with van der Waals surface area (Å²) in [4.78, 5) is 0.102. The Morgan fingerprint density at radius 1 is 1.47 bits per heavy atom. The van der Waals surface area contributed by atoms with Crippen LogP contribution >= 0.6 is 0 Å². The van der Waals surface area contributed by atoms with E-state index in [1.165, 1.54) is 6.07 Å². The maximum Gasteiger partial charge on any atom is 0.177 e. The van der Waals surface area contributed by atoms with Crippen LogP contribution in [0.2, 0.25) is 0 Å². The van der Waals surface area contributed by atoms with Gasteiger partial charge in [0.25, 0.3) is 0 Å². The lowest BCUT2D eigenvalue weighted by Crippen LogP contribution is -2.10. The fraction of sp³-hybridized carbons (Fsp3) is 0.333. The Balaban J connectivity index is 3.12. The monoisotopic (exact) mass is 230 g/mol. The summed E-state index contributed by atoms with van der Waals surface area (Å²) < 4.78 is 22.6. The van der Waals surface area contributed by atoms with Crippen molar-refractivity contribution in [3.05, 3.63) is 18.2 Å². The van der Waals surface area contributed by atoms with Crippen LogP contribution in [0.5, 0.6) is 0 Å². The molecule has 4 N–H and O–H groups in total. The van der Waals surface area contributed by atoms with Crippen LogP contribution in [0.1, 0.15) is 0 Å². The van der Waals surface area contributed by atoms with Gasteiger partial charge in [0.05, 0.1) is 22.9 Å². The van der Waals surface area contributed by atoms with E-state index in [0.29, 0.717) is 12.2 Å². The Kier molecular flexibility index (Phi) is 3.54. The van der Waals surface area contributed by atoms with E-state index in [1.807, 2.05) is 0 Å². The minimum Gasteiger partial charge on any atom is -0.396 e. The van der Waals surface area contributed by atoms with Gasteiger partial charge in [-0.25, -0.2) is 8.42 Å². The molecule has 0 saturated carbocycles. The number of hydrogen-bond donors (Lipinski definition) is 3. The minimum absolute atomic E-state index is 0.0391. The van der Waals surface area contributed by atoms with Crippen LogP contribution in [-0.4, -0.2) is 32.9 Å². The zero-order chi connectivity index (χ0) is 11.5. The summed E-state index contributed by atoms with van der Waals surface area (Å²) >= 11 is 0. The molecule has 84 valence electrons. The summed E-state index contributed by atoms with van der Waals surface area (Å²) in [6.07, 6.45) is 1.11. The number of para-hydroxylation sites is 1. The van der Waals surface area contributed by atoms with Crippen molar-refractivity contribution in [2.75, 3.05) is 30.5 Å². The highest BCUT2D eigenvalue weighted by atomic mass is 32.2. The first kappa shape index (κ1) is 11.8. The number of hydrogen-bond acceptors (Lipinski definition) is 5. The fourth-order valence-electron chi connectivity index (χ4n) is 1.21. The number of anilines is 2. The number of sulfone groups is 1. The number of aliphatic hydroxyl groups excluding tert-OH is 1. The van der Waals surface area contributed by atoms with Crippen molar-refractivity contribution in [2.45, 2.75) is 4.90 Å². The summed E-state index contributed by atoms with van der Waals surface area (Å²) in [5.74, 6) is 0. The molecular weight excluding hydrogens is 216 g/mol. The lowest BCUT2D eigenvalue weighted by Gasteiger charge is -2.10. The summed E-state index contributed by atoms with van der Waals surface area (Å²) in [5, 5.41) is 11.5. The Morgan fingerprint density at radius 2 is 2.13 bits per heavy atom. The van der Waals surface area contributed by atoms with Crippen molar-refractivity contribution in [3.63, 3.8) is 0 Å². The molecule has 0 radical (unpaired) electrons. The molecule has 1 aromatic carbocycles. The SMILES string of the molecule is CS(=O)(=O)c1cccc(NCCO)c1N. The second kappa shape index (κ2) is 4.50. The van der Waals surface area contributed by atoms with Gasteiger partial charge in [-0.2, -0.15) is 0 Å². The maximum atomic E-state index is 11.3. The number of rotatable bonds is 4. The van der Waals surface area contributed by atoms with Crippen molar-refractivity contribution >= 4 is 21.2 Å². The quantitative estimate of drug-likeness (QED) is 0.637. The van der Waals surface area contributed by atoms with Gasteiger partial charge < -0.3 is 16.2 Å². The standard InChI is InChI=1S/C9H14N2O3S/c1-15(13,14)8-4-2-3-7(9(8)10)11-5-6-12/h2-4,11-12H,5-6,10H2,1H3. The minimum atomic E-state index is -3.31. The van der Waals surface area contributed by atoms with Crippen molar-refractivity contribution in [1.82, 2.24) is 0 Å². The predicted molar refractivity (Wildman–Crippen MR) is 59.5 cm³/mol. The van der Waals surface area contributed by atoms with Gasteiger partial charge >= 0.3 is 0 Å². The van der Waals surface area contributed by atoms with Gasteiger partial charge in [-0.1, -0.05) is 6.07 Å². The molecule has 1 rings (SSSR count). The molecule has 0 spiro atoms. The van der Waals surface area contributed by atoms with Gasteiger partial charge in [0.2, 0.25) is 0 Å². The molecule has 0 atom stereocenters. The first-order valence-electron chi connectivity index (χ1n) is 4.40. The lowest BCUT2D eigenvalue weighted by atomic mass is 10.2. The Morgan fingerprint density at radius 3 is 2.67 bits per heavy atom. The highest BCUT2D eigenvalue weighted by molar-refractivity contribution is 7.90. The third kappa shape index (κ3) is 2.84. The van der Waals surface area contributed by atoms with Gasteiger partial charge in [0.1, 0.15) is 0 Å². The molecule has 0 aliphatic rings.